The number of nitrogens with one attached hydrogen (secondary N) is 1. The highest BCUT2D eigenvalue weighted by molar-refractivity contribution is 9.10. The molecule has 1 aromatic rings. The van der Waals surface area contributed by atoms with Crippen molar-refractivity contribution in [2.45, 2.75) is 32.7 Å². The van der Waals surface area contributed by atoms with Gasteiger partial charge in [-0.25, -0.2) is 4.98 Å². The Balaban J connectivity index is 1.89. The third-order valence-corrected chi connectivity index (χ3v) is 4.23. The Bertz CT molecular complexity index is 417. The van der Waals surface area contributed by atoms with Crippen LogP contribution in [-0.2, 0) is 0 Å². The van der Waals surface area contributed by atoms with Gasteiger partial charge < -0.3 is 10.2 Å². The standard InChI is InChI=1S/C14H21BrClN3/c1-10(2)17-8-11-3-5-19(6-4-11)14-13(16)7-12(15)9-18-14/h7,9-11,17H,3-6,8H2,1-2H3. The summed E-state index contributed by atoms with van der Waals surface area (Å²) in [6.07, 6.45) is 4.22. The molecule has 2 heterocycles. The first-order valence-electron chi connectivity index (χ1n) is 6.85. The van der Waals surface area contributed by atoms with Crippen molar-refractivity contribution in [3.63, 3.8) is 0 Å². The minimum Gasteiger partial charge on any atom is -0.355 e. The highest BCUT2D eigenvalue weighted by Crippen LogP contribution is 2.29. The average molecular weight is 347 g/mol. The molecule has 0 amide bonds. The van der Waals surface area contributed by atoms with Crippen LogP contribution < -0.4 is 10.2 Å². The molecular weight excluding hydrogens is 326 g/mol. The predicted octanol–water partition coefficient (Wildman–Crippen LogP) is 3.71. The van der Waals surface area contributed by atoms with Crippen LogP contribution in [0.3, 0.4) is 0 Å². The van der Waals surface area contributed by atoms with E-state index < -0.39 is 0 Å². The van der Waals surface area contributed by atoms with E-state index in [-0.39, 0.29) is 0 Å². The van der Waals surface area contributed by atoms with E-state index in [1.165, 1.54) is 12.8 Å². The lowest BCUT2D eigenvalue weighted by molar-refractivity contribution is 0.370. The molecule has 0 spiro atoms. The minimum absolute atomic E-state index is 0.570. The molecule has 106 valence electrons. The van der Waals surface area contributed by atoms with E-state index in [2.05, 4.69) is 45.0 Å². The van der Waals surface area contributed by atoms with Crippen molar-refractivity contribution in [2.24, 2.45) is 5.92 Å². The van der Waals surface area contributed by atoms with Crippen LogP contribution in [0.25, 0.3) is 0 Å². The molecule has 0 radical (unpaired) electrons. The van der Waals surface area contributed by atoms with Crippen LogP contribution in [0.2, 0.25) is 5.02 Å². The molecule has 0 atom stereocenters. The predicted molar refractivity (Wildman–Crippen MR) is 85.0 cm³/mol. The maximum atomic E-state index is 6.26. The fourth-order valence-corrected chi connectivity index (χ4v) is 3.14. The number of piperidine rings is 1. The molecule has 0 aliphatic carbocycles. The molecule has 1 aliphatic rings. The first-order chi connectivity index (χ1) is 9.06. The summed E-state index contributed by atoms with van der Waals surface area (Å²) in [4.78, 5) is 6.72. The Morgan fingerprint density at radius 3 is 2.74 bits per heavy atom. The van der Waals surface area contributed by atoms with Crippen LogP contribution in [0, 0.1) is 5.92 Å². The van der Waals surface area contributed by atoms with E-state index >= 15 is 0 Å². The molecule has 19 heavy (non-hydrogen) atoms. The number of rotatable bonds is 4. The lowest BCUT2D eigenvalue weighted by Crippen LogP contribution is -2.39. The number of hydrogen-bond donors (Lipinski definition) is 1. The van der Waals surface area contributed by atoms with Crippen LogP contribution in [0.4, 0.5) is 5.82 Å². The monoisotopic (exact) mass is 345 g/mol. The molecule has 1 N–H and O–H groups in total. The molecule has 3 nitrogen and oxygen atoms in total. The van der Waals surface area contributed by atoms with Gasteiger partial charge in [-0.1, -0.05) is 25.4 Å². The Morgan fingerprint density at radius 2 is 2.16 bits per heavy atom. The largest absolute Gasteiger partial charge is 0.355 e. The van der Waals surface area contributed by atoms with Crippen LogP contribution in [-0.4, -0.2) is 30.7 Å². The minimum atomic E-state index is 0.570. The Hall–Kier alpha value is -0.320. The summed E-state index contributed by atoms with van der Waals surface area (Å²) in [6.45, 7) is 7.59. The summed E-state index contributed by atoms with van der Waals surface area (Å²) in [5.41, 5.74) is 0. The summed E-state index contributed by atoms with van der Waals surface area (Å²) in [5.74, 6) is 1.69. The maximum absolute atomic E-state index is 6.26. The molecule has 2 rings (SSSR count). The van der Waals surface area contributed by atoms with Gasteiger partial charge in [0.2, 0.25) is 0 Å². The van der Waals surface area contributed by atoms with Crippen LogP contribution in [0.5, 0.6) is 0 Å². The summed E-state index contributed by atoms with van der Waals surface area (Å²) in [6, 6.07) is 2.48. The second kappa shape index (κ2) is 6.91. The van der Waals surface area contributed by atoms with Crippen LogP contribution >= 0.6 is 27.5 Å². The average Bonchev–Trinajstić information content (AvgIpc) is 2.37. The van der Waals surface area contributed by atoms with Crippen LogP contribution in [0.1, 0.15) is 26.7 Å². The van der Waals surface area contributed by atoms with Gasteiger partial charge in [0.15, 0.2) is 0 Å². The van der Waals surface area contributed by atoms with E-state index in [1.54, 1.807) is 0 Å². The summed E-state index contributed by atoms with van der Waals surface area (Å²) in [5, 5.41) is 4.25. The quantitative estimate of drug-likeness (QED) is 0.901. The second-order valence-electron chi connectivity index (χ2n) is 5.45. The lowest BCUT2D eigenvalue weighted by atomic mass is 9.96. The first kappa shape index (κ1) is 15.1. The highest BCUT2D eigenvalue weighted by Gasteiger charge is 2.21. The molecule has 0 saturated carbocycles. The van der Waals surface area contributed by atoms with E-state index in [4.69, 9.17) is 11.6 Å². The summed E-state index contributed by atoms with van der Waals surface area (Å²) >= 11 is 9.65. The van der Waals surface area contributed by atoms with Gasteiger partial charge in [-0.05, 0) is 47.3 Å². The third kappa shape index (κ3) is 4.33. The zero-order chi connectivity index (χ0) is 13.8. The second-order valence-corrected chi connectivity index (χ2v) is 6.78. The summed E-state index contributed by atoms with van der Waals surface area (Å²) in [7, 11) is 0. The number of aromatic nitrogens is 1. The SMILES string of the molecule is CC(C)NCC1CCN(c2ncc(Br)cc2Cl)CC1. The molecule has 1 saturated heterocycles. The van der Waals surface area contributed by atoms with E-state index in [1.807, 2.05) is 12.3 Å². The van der Waals surface area contributed by atoms with Gasteiger partial charge in [0.05, 0.1) is 5.02 Å². The van der Waals surface area contributed by atoms with Crippen molar-refractivity contribution >= 4 is 33.3 Å². The molecule has 5 heteroatoms. The molecule has 1 aliphatic heterocycles. The van der Waals surface area contributed by atoms with Gasteiger partial charge >= 0.3 is 0 Å². The van der Waals surface area contributed by atoms with E-state index in [9.17, 15) is 0 Å². The highest BCUT2D eigenvalue weighted by atomic mass is 79.9. The number of anilines is 1. The van der Waals surface area contributed by atoms with Crippen molar-refractivity contribution in [1.82, 2.24) is 10.3 Å². The fourth-order valence-electron chi connectivity index (χ4n) is 2.39. The number of hydrogen-bond acceptors (Lipinski definition) is 3. The van der Waals surface area contributed by atoms with Crippen molar-refractivity contribution in [2.75, 3.05) is 24.5 Å². The maximum Gasteiger partial charge on any atom is 0.147 e. The van der Waals surface area contributed by atoms with E-state index in [0.717, 1.165) is 40.9 Å². The normalized spacial score (nSPS) is 17.2. The zero-order valence-corrected chi connectivity index (χ0v) is 13.8. The molecular formula is C14H21BrClN3. The van der Waals surface area contributed by atoms with Crippen LogP contribution in [0.15, 0.2) is 16.7 Å². The van der Waals surface area contributed by atoms with Gasteiger partial charge in [-0.15, -0.1) is 0 Å². The van der Waals surface area contributed by atoms with Crippen molar-refractivity contribution < 1.29 is 0 Å². The molecule has 1 fully saturated rings. The topological polar surface area (TPSA) is 28.2 Å². The van der Waals surface area contributed by atoms with Crippen molar-refractivity contribution in [3.8, 4) is 0 Å². The number of halogens is 2. The van der Waals surface area contributed by atoms with E-state index in [0.29, 0.717) is 6.04 Å². The smallest absolute Gasteiger partial charge is 0.147 e. The number of nitrogens with zero attached hydrogens (tertiary/aromatic N) is 2. The molecule has 1 aromatic heterocycles. The van der Waals surface area contributed by atoms with Crippen molar-refractivity contribution in [1.29, 1.82) is 0 Å². The van der Waals surface area contributed by atoms with Gasteiger partial charge in [0.1, 0.15) is 5.82 Å². The van der Waals surface area contributed by atoms with Gasteiger partial charge in [-0.2, -0.15) is 0 Å². The lowest BCUT2D eigenvalue weighted by Gasteiger charge is -2.33. The molecule has 0 aromatic carbocycles. The Labute approximate surface area is 128 Å². The van der Waals surface area contributed by atoms with Crippen molar-refractivity contribution in [3.05, 3.63) is 21.8 Å². The zero-order valence-electron chi connectivity index (χ0n) is 11.5. The van der Waals surface area contributed by atoms with Gasteiger partial charge in [-0.3, -0.25) is 0 Å². The molecule has 0 bridgehead atoms. The van der Waals surface area contributed by atoms with Gasteiger partial charge in [0, 0.05) is 29.8 Å². The third-order valence-electron chi connectivity index (χ3n) is 3.52. The Kier molecular flexibility index (Phi) is 5.48. The fraction of sp³-hybridized carbons (Fsp3) is 0.643. The number of pyridine rings is 1. The summed E-state index contributed by atoms with van der Waals surface area (Å²) < 4.78 is 0.928. The Morgan fingerprint density at radius 1 is 1.47 bits per heavy atom. The van der Waals surface area contributed by atoms with Gasteiger partial charge in [0.25, 0.3) is 0 Å². The molecule has 0 unspecified atom stereocenters. The first-order valence-corrected chi connectivity index (χ1v) is 8.02.